The number of nitrogens with two attached hydrogens (primary N) is 1. The zero-order valence-electron chi connectivity index (χ0n) is 9.69. The summed E-state index contributed by atoms with van der Waals surface area (Å²) in [5, 5.41) is 3.37. The highest BCUT2D eigenvalue weighted by molar-refractivity contribution is 6.30. The molecule has 2 rings (SSSR count). The van der Waals surface area contributed by atoms with Crippen molar-refractivity contribution in [3.63, 3.8) is 0 Å². The van der Waals surface area contributed by atoms with Crippen molar-refractivity contribution in [3.05, 3.63) is 59.1 Å². The number of hydrogen-bond acceptors (Lipinski definition) is 2. The van der Waals surface area contributed by atoms with Gasteiger partial charge in [-0.05, 0) is 29.8 Å². The minimum atomic E-state index is -0.116. The Bertz CT molecular complexity index is 569. The predicted octanol–water partition coefficient (Wildman–Crippen LogP) is 3.10. The third-order valence-electron chi connectivity index (χ3n) is 2.51. The maximum absolute atomic E-state index is 11.8. The number of para-hydroxylation sites is 1. The molecule has 0 aliphatic rings. The second-order valence-corrected chi connectivity index (χ2v) is 4.37. The number of rotatable bonds is 3. The molecule has 0 aromatic heterocycles. The lowest BCUT2D eigenvalue weighted by Crippen LogP contribution is -2.15. The van der Waals surface area contributed by atoms with Gasteiger partial charge in [0.25, 0.3) is 0 Å². The van der Waals surface area contributed by atoms with E-state index in [4.69, 9.17) is 17.3 Å². The molecule has 0 aliphatic carbocycles. The standard InChI is InChI=1S/C14H13ClN2O/c15-11-5-3-6-12(9-11)17-14(18)8-10-4-1-2-7-13(10)16/h1-7,9H,8,16H2,(H,17,18). The Morgan fingerprint density at radius 1 is 1.17 bits per heavy atom. The van der Waals surface area contributed by atoms with Crippen LogP contribution in [0.2, 0.25) is 5.02 Å². The third-order valence-corrected chi connectivity index (χ3v) is 2.75. The molecule has 1 amide bonds. The van der Waals surface area contributed by atoms with Crippen LogP contribution in [-0.4, -0.2) is 5.91 Å². The summed E-state index contributed by atoms with van der Waals surface area (Å²) in [4.78, 5) is 11.8. The Hall–Kier alpha value is -2.00. The summed E-state index contributed by atoms with van der Waals surface area (Å²) in [5.74, 6) is -0.116. The van der Waals surface area contributed by atoms with E-state index in [1.807, 2.05) is 18.2 Å². The minimum Gasteiger partial charge on any atom is -0.398 e. The number of anilines is 2. The van der Waals surface area contributed by atoms with E-state index in [9.17, 15) is 4.79 Å². The number of carbonyl (C=O) groups excluding carboxylic acids is 1. The number of halogens is 1. The van der Waals surface area contributed by atoms with Crippen LogP contribution in [0.4, 0.5) is 11.4 Å². The fourth-order valence-corrected chi connectivity index (χ4v) is 1.83. The molecule has 0 spiro atoms. The number of carbonyl (C=O) groups is 1. The molecule has 3 nitrogen and oxygen atoms in total. The average molecular weight is 261 g/mol. The predicted molar refractivity (Wildman–Crippen MR) is 74.6 cm³/mol. The van der Waals surface area contributed by atoms with Crippen LogP contribution in [0.3, 0.4) is 0 Å². The molecule has 0 atom stereocenters. The molecule has 0 heterocycles. The molecule has 0 aliphatic heterocycles. The molecule has 0 unspecified atom stereocenters. The molecule has 0 fully saturated rings. The SMILES string of the molecule is Nc1ccccc1CC(=O)Nc1cccc(Cl)c1. The van der Waals surface area contributed by atoms with Crippen LogP contribution in [0.5, 0.6) is 0 Å². The normalized spacial score (nSPS) is 10.1. The first-order chi connectivity index (χ1) is 8.65. The van der Waals surface area contributed by atoms with Crippen molar-refractivity contribution in [2.45, 2.75) is 6.42 Å². The highest BCUT2D eigenvalue weighted by atomic mass is 35.5. The Morgan fingerprint density at radius 2 is 1.94 bits per heavy atom. The molecule has 2 aromatic rings. The van der Waals surface area contributed by atoms with Gasteiger partial charge >= 0.3 is 0 Å². The van der Waals surface area contributed by atoms with Crippen molar-refractivity contribution in [2.24, 2.45) is 0 Å². The van der Waals surface area contributed by atoms with Crippen molar-refractivity contribution in [1.82, 2.24) is 0 Å². The largest absolute Gasteiger partial charge is 0.398 e. The molecule has 92 valence electrons. The van der Waals surface area contributed by atoms with E-state index in [-0.39, 0.29) is 12.3 Å². The van der Waals surface area contributed by atoms with Gasteiger partial charge in [-0.15, -0.1) is 0 Å². The molecule has 0 bridgehead atoms. The molecular weight excluding hydrogens is 248 g/mol. The zero-order chi connectivity index (χ0) is 13.0. The highest BCUT2D eigenvalue weighted by Gasteiger charge is 2.06. The van der Waals surface area contributed by atoms with Gasteiger partial charge in [-0.2, -0.15) is 0 Å². The molecule has 0 saturated heterocycles. The smallest absolute Gasteiger partial charge is 0.228 e. The molecule has 18 heavy (non-hydrogen) atoms. The lowest BCUT2D eigenvalue weighted by molar-refractivity contribution is -0.115. The van der Waals surface area contributed by atoms with Crippen molar-refractivity contribution in [2.75, 3.05) is 11.1 Å². The lowest BCUT2D eigenvalue weighted by atomic mass is 10.1. The van der Waals surface area contributed by atoms with Gasteiger partial charge in [0.1, 0.15) is 0 Å². The maximum atomic E-state index is 11.8. The Morgan fingerprint density at radius 3 is 2.67 bits per heavy atom. The molecule has 0 saturated carbocycles. The van der Waals surface area contributed by atoms with Crippen molar-refractivity contribution >= 4 is 28.9 Å². The highest BCUT2D eigenvalue weighted by Crippen LogP contribution is 2.16. The quantitative estimate of drug-likeness (QED) is 0.833. The van der Waals surface area contributed by atoms with Gasteiger partial charge in [0.05, 0.1) is 6.42 Å². The van der Waals surface area contributed by atoms with Crippen molar-refractivity contribution < 1.29 is 4.79 Å². The summed E-state index contributed by atoms with van der Waals surface area (Å²) in [5.41, 5.74) is 7.91. The van der Waals surface area contributed by atoms with E-state index in [1.165, 1.54) is 0 Å². The van der Waals surface area contributed by atoms with E-state index >= 15 is 0 Å². The van der Waals surface area contributed by atoms with Crippen LogP contribution in [0.15, 0.2) is 48.5 Å². The fourth-order valence-electron chi connectivity index (χ4n) is 1.64. The number of amides is 1. The van der Waals surface area contributed by atoms with E-state index in [1.54, 1.807) is 30.3 Å². The summed E-state index contributed by atoms with van der Waals surface area (Å²) >= 11 is 5.84. The van der Waals surface area contributed by atoms with Crippen LogP contribution >= 0.6 is 11.6 Å². The number of benzene rings is 2. The van der Waals surface area contributed by atoms with Gasteiger partial charge in [-0.25, -0.2) is 0 Å². The average Bonchev–Trinajstić information content (AvgIpc) is 2.32. The van der Waals surface area contributed by atoms with Crippen LogP contribution in [0.1, 0.15) is 5.56 Å². The molecule has 0 radical (unpaired) electrons. The fraction of sp³-hybridized carbons (Fsp3) is 0.0714. The van der Waals surface area contributed by atoms with Gasteiger partial charge in [-0.3, -0.25) is 4.79 Å². The van der Waals surface area contributed by atoms with Crippen LogP contribution < -0.4 is 11.1 Å². The second kappa shape index (κ2) is 5.56. The topological polar surface area (TPSA) is 55.1 Å². The molecule has 4 heteroatoms. The summed E-state index contributed by atoms with van der Waals surface area (Å²) in [6.45, 7) is 0. The van der Waals surface area contributed by atoms with Gasteiger partial charge < -0.3 is 11.1 Å². The van der Waals surface area contributed by atoms with Crippen LogP contribution in [-0.2, 0) is 11.2 Å². The summed E-state index contributed by atoms with van der Waals surface area (Å²) in [6, 6.07) is 14.4. The molecule has 2 aromatic carbocycles. The molecular formula is C14H13ClN2O. The number of hydrogen-bond donors (Lipinski definition) is 2. The molecule has 3 N–H and O–H groups in total. The number of nitrogens with one attached hydrogen (secondary N) is 1. The van der Waals surface area contributed by atoms with Gasteiger partial charge in [0.2, 0.25) is 5.91 Å². The van der Waals surface area contributed by atoms with E-state index in [0.29, 0.717) is 16.4 Å². The summed E-state index contributed by atoms with van der Waals surface area (Å²) < 4.78 is 0. The van der Waals surface area contributed by atoms with E-state index < -0.39 is 0 Å². The van der Waals surface area contributed by atoms with Crippen molar-refractivity contribution in [3.8, 4) is 0 Å². The second-order valence-electron chi connectivity index (χ2n) is 3.93. The van der Waals surface area contributed by atoms with Crippen LogP contribution in [0.25, 0.3) is 0 Å². The van der Waals surface area contributed by atoms with E-state index in [0.717, 1.165) is 5.56 Å². The Labute approximate surface area is 111 Å². The van der Waals surface area contributed by atoms with Crippen LogP contribution in [0, 0.1) is 0 Å². The first-order valence-electron chi connectivity index (χ1n) is 5.54. The number of nitrogen functional groups attached to an aromatic ring is 1. The first-order valence-corrected chi connectivity index (χ1v) is 5.92. The Balaban J connectivity index is 2.03. The monoisotopic (exact) mass is 260 g/mol. The van der Waals surface area contributed by atoms with Crippen molar-refractivity contribution in [1.29, 1.82) is 0 Å². The Kier molecular flexibility index (Phi) is 3.85. The third kappa shape index (κ3) is 3.25. The van der Waals surface area contributed by atoms with Gasteiger partial charge in [0.15, 0.2) is 0 Å². The first kappa shape index (κ1) is 12.5. The lowest BCUT2D eigenvalue weighted by Gasteiger charge is -2.07. The minimum absolute atomic E-state index is 0.116. The van der Waals surface area contributed by atoms with Gasteiger partial charge in [-0.1, -0.05) is 35.9 Å². The summed E-state index contributed by atoms with van der Waals surface area (Å²) in [6.07, 6.45) is 0.249. The maximum Gasteiger partial charge on any atom is 0.228 e. The van der Waals surface area contributed by atoms with E-state index in [2.05, 4.69) is 5.32 Å². The summed E-state index contributed by atoms with van der Waals surface area (Å²) in [7, 11) is 0. The van der Waals surface area contributed by atoms with Gasteiger partial charge in [0, 0.05) is 16.4 Å². The zero-order valence-corrected chi connectivity index (χ0v) is 10.4.